The molecule has 6 rings (SSSR count). The van der Waals surface area contributed by atoms with Crippen molar-refractivity contribution in [2.75, 3.05) is 0 Å². The van der Waals surface area contributed by atoms with Gasteiger partial charge in [-0.1, -0.05) is 18.2 Å². The topological polar surface area (TPSA) is 54.6 Å². The molecule has 4 saturated carbocycles. The zero-order chi connectivity index (χ0) is 16.3. The number of carbonyl (C=O) groups is 1. The van der Waals surface area contributed by atoms with Crippen molar-refractivity contribution in [1.82, 2.24) is 5.43 Å². The molecule has 4 fully saturated rings. The summed E-state index contributed by atoms with van der Waals surface area (Å²) in [5, 5.41) is 5.56. The largest absolute Gasteiger partial charge is 0.451 e. The van der Waals surface area contributed by atoms with Gasteiger partial charge in [-0.15, -0.1) is 0 Å². The molecule has 4 aliphatic carbocycles. The molecule has 0 atom stereocenters. The summed E-state index contributed by atoms with van der Waals surface area (Å²) in [4.78, 5) is 12.6. The van der Waals surface area contributed by atoms with E-state index in [1.54, 1.807) is 0 Å². The van der Waals surface area contributed by atoms with Gasteiger partial charge in [-0.05, 0) is 68.8 Å². The van der Waals surface area contributed by atoms with E-state index in [-0.39, 0.29) is 5.91 Å². The van der Waals surface area contributed by atoms with Crippen LogP contribution in [0.2, 0.25) is 0 Å². The van der Waals surface area contributed by atoms with Crippen molar-refractivity contribution in [3.05, 3.63) is 35.6 Å². The average Bonchev–Trinajstić information content (AvgIpc) is 2.91. The minimum absolute atomic E-state index is 0.231. The third kappa shape index (κ3) is 2.12. The lowest BCUT2D eigenvalue weighted by molar-refractivity contribution is 0.0917. The molecule has 0 aliphatic heterocycles. The molecule has 24 heavy (non-hydrogen) atoms. The number of para-hydroxylation sites is 1. The molecule has 4 heteroatoms. The van der Waals surface area contributed by atoms with E-state index in [0.29, 0.717) is 17.6 Å². The van der Waals surface area contributed by atoms with E-state index in [2.05, 4.69) is 10.5 Å². The van der Waals surface area contributed by atoms with Gasteiger partial charge in [-0.2, -0.15) is 5.10 Å². The predicted molar refractivity (Wildman–Crippen MR) is 92.9 cm³/mol. The molecule has 1 heterocycles. The molecule has 0 radical (unpaired) electrons. The van der Waals surface area contributed by atoms with Gasteiger partial charge in [0.2, 0.25) is 0 Å². The van der Waals surface area contributed by atoms with Crippen molar-refractivity contribution in [2.24, 2.45) is 28.8 Å². The molecule has 1 aromatic heterocycles. The number of hydrogen-bond donors (Lipinski definition) is 1. The van der Waals surface area contributed by atoms with E-state index in [0.717, 1.165) is 28.4 Å². The highest BCUT2D eigenvalue weighted by Gasteiger charge is 2.46. The molecule has 4 aliphatic rings. The van der Waals surface area contributed by atoms with Crippen LogP contribution in [0.1, 0.15) is 48.2 Å². The molecule has 1 amide bonds. The molecule has 1 N–H and O–H groups in total. The van der Waals surface area contributed by atoms with Crippen LogP contribution in [0.4, 0.5) is 0 Å². The number of hydrogen-bond acceptors (Lipinski definition) is 3. The van der Waals surface area contributed by atoms with Crippen LogP contribution in [0.5, 0.6) is 0 Å². The smallest absolute Gasteiger partial charge is 0.307 e. The lowest BCUT2D eigenvalue weighted by Crippen LogP contribution is -2.46. The summed E-state index contributed by atoms with van der Waals surface area (Å²) in [6.07, 6.45) is 6.50. The lowest BCUT2D eigenvalue weighted by Gasteiger charge is -2.50. The third-order valence-electron chi connectivity index (χ3n) is 6.31. The molecule has 124 valence electrons. The van der Waals surface area contributed by atoms with Gasteiger partial charge in [0.15, 0.2) is 5.76 Å². The highest BCUT2D eigenvalue weighted by molar-refractivity contribution is 6.00. The van der Waals surface area contributed by atoms with Crippen LogP contribution >= 0.6 is 0 Å². The molecule has 4 nitrogen and oxygen atoms in total. The van der Waals surface area contributed by atoms with Crippen LogP contribution in [0.3, 0.4) is 0 Å². The normalized spacial score (nSPS) is 30.8. The molecule has 0 saturated heterocycles. The number of nitrogens with zero attached hydrogens (tertiary/aromatic N) is 1. The number of hydrazone groups is 1. The number of benzene rings is 1. The molecule has 0 unspecified atom stereocenters. The number of nitrogens with one attached hydrogen (secondary N) is 1. The van der Waals surface area contributed by atoms with E-state index in [9.17, 15) is 4.79 Å². The zero-order valence-corrected chi connectivity index (χ0v) is 13.9. The minimum Gasteiger partial charge on any atom is -0.451 e. The SMILES string of the molecule is Cc1c(C(=O)NN=C2C3CC4CC(C3)CC2C4)oc2ccccc12. The first-order valence-corrected chi connectivity index (χ1v) is 9.05. The molecular formula is C20H22N2O2. The van der Waals surface area contributed by atoms with E-state index >= 15 is 0 Å². The fraction of sp³-hybridized carbons (Fsp3) is 0.500. The average molecular weight is 322 g/mol. The fourth-order valence-electron chi connectivity index (χ4n) is 5.41. The summed E-state index contributed by atoms with van der Waals surface area (Å²) in [7, 11) is 0. The fourth-order valence-corrected chi connectivity index (χ4v) is 5.41. The summed E-state index contributed by atoms with van der Waals surface area (Å²) in [6, 6.07) is 7.75. The maximum absolute atomic E-state index is 12.6. The Labute approximate surface area is 141 Å². The molecule has 2 aromatic rings. The van der Waals surface area contributed by atoms with Crippen molar-refractivity contribution in [2.45, 2.75) is 39.0 Å². The Morgan fingerprint density at radius 2 is 1.75 bits per heavy atom. The maximum Gasteiger partial charge on any atom is 0.307 e. The first kappa shape index (κ1) is 14.3. The van der Waals surface area contributed by atoms with Crippen molar-refractivity contribution < 1.29 is 9.21 Å². The number of amides is 1. The molecule has 4 bridgehead atoms. The molecule has 0 spiro atoms. The van der Waals surface area contributed by atoms with E-state index in [1.807, 2.05) is 31.2 Å². The van der Waals surface area contributed by atoms with E-state index in [1.165, 1.54) is 37.8 Å². The van der Waals surface area contributed by atoms with Crippen molar-refractivity contribution in [1.29, 1.82) is 0 Å². The first-order chi connectivity index (χ1) is 11.7. The van der Waals surface area contributed by atoms with Crippen LogP contribution in [-0.2, 0) is 0 Å². The standard InChI is InChI=1S/C20H22N2O2/c1-11-16-4-2-3-5-17(16)24-19(11)20(23)22-21-18-14-7-12-6-13(9-14)10-15(18)8-12/h2-5,12-15H,6-10H2,1H3,(H,22,23). The number of fused-ring (bicyclic) bond motifs is 1. The molecular weight excluding hydrogens is 300 g/mol. The summed E-state index contributed by atoms with van der Waals surface area (Å²) in [5.74, 6) is 3.14. The van der Waals surface area contributed by atoms with Crippen LogP contribution in [0, 0.1) is 30.6 Å². The number of furan rings is 1. The number of rotatable bonds is 2. The Hall–Kier alpha value is -2.10. The van der Waals surface area contributed by atoms with Gasteiger partial charge in [-0.3, -0.25) is 4.79 Å². The van der Waals surface area contributed by atoms with Gasteiger partial charge in [0, 0.05) is 16.7 Å². The van der Waals surface area contributed by atoms with Crippen LogP contribution in [0.25, 0.3) is 11.0 Å². The van der Waals surface area contributed by atoms with Gasteiger partial charge in [-0.25, -0.2) is 5.43 Å². The van der Waals surface area contributed by atoms with Gasteiger partial charge >= 0.3 is 5.91 Å². The Balaban J connectivity index is 1.39. The second-order valence-electron chi connectivity index (χ2n) is 7.83. The van der Waals surface area contributed by atoms with Gasteiger partial charge in [0.25, 0.3) is 0 Å². The lowest BCUT2D eigenvalue weighted by atomic mass is 9.55. The predicted octanol–water partition coefficient (Wildman–Crippen LogP) is 4.28. The van der Waals surface area contributed by atoms with Crippen LogP contribution < -0.4 is 5.43 Å². The highest BCUT2D eigenvalue weighted by Crippen LogP contribution is 2.52. The van der Waals surface area contributed by atoms with Crippen molar-refractivity contribution >= 4 is 22.6 Å². The van der Waals surface area contributed by atoms with Crippen LogP contribution in [-0.4, -0.2) is 11.6 Å². The van der Waals surface area contributed by atoms with Crippen molar-refractivity contribution in [3.63, 3.8) is 0 Å². The summed E-state index contributed by atoms with van der Waals surface area (Å²) < 4.78 is 5.74. The quantitative estimate of drug-likeness (QED) is 0.839. The monoisotopic (exact) mass is 322 g/mol. The van der Waals surface area contributed by atoms with E-state index < -0.39 is 0 Å². The Bertz CT molecular complexity index is 818. The summed E-state index contributed by atoms with van der Waals surface area (Å²) >= 11 is 0. The number of carbonyl (C=O) groups excluding carboxylic acids is 1. The Morgan fingerprint density at radius 3 is 2.42 bits per heavy atom. The summed E-state index contributed by atoms with van der Waals surface area (Å²) in [6.45, 7) is 1.93. The molecule has 1 aromatic carbocycles. The second-order valence-corrected chi connectivity index (χ2v) is 7.83. The van der Waals surface area contributed by atoms with Gasteiger partial charge in [0.05, 0.1) is 0 Å². The summed E-state index contributed by atoms with van der Waals surface area (Å²) in [5.41, 5.74) is 5.66. The number of aryl methyl sites for hydroxylation is 1. The Kier molecular flexibility index (Phi) is 3.09. The van der Waals surface area contributed by atoms with Gasteiger partial charge < -0.3 is 4.42 Å². The van der Waals surface area contributed by atoms with E-state index in [4.69, 9.17) is 4.42 Å². The van der Waals surface area contributed by atoms with Crippen LogP contribution in [0.15, 0.2) is 33.8 Å². The second kappa shape index (κ2) is 5.20. The third-order valence-corrected chi connectivity index (χ3v) is 6.31. The highest BCUT2D eigenvalue weighted by atomic mass is 16.3. The first-order valence-electron chi connectivity index (χ1n) is 9.05. The zero-order valence-electron chi connectivity index (χ0n) is 13.9. The van der Waals surface area contributed by atoms with Crippen molar-refractivity contribution in [3.8, 4) is 0 Å². The van der Waals surface area contributed by atoms with Gasteiger partial charge in [0.1, 0.15) is 5.58 Å². The Morgan fingerprint density at radius 1 is 1.08 bits per heavy atom. The minimum atomic E-state index is -0.231. The maximum atomic E-state index is 12.6.